The van der Waals surface area contributed by atoms with Crippen molar-refractivity contribution in [3.05, 3.63) is 28.2 Å². The smallest absolute Gasteiger partial charge is 0.133 e. The SMILES string of the molecule is CCC(CO)C(NC)c1ccc(OC)c(Br)c1. The second kappa shape index (κ2) is 6.99. The molecule has 17 heavy (non-hydrogen) atoms. The number of halogens is 1. The van der Waals surface area contributed by atoms with Crippen molar-refractivity contribution in [2.75, 3.05) is 20.8 Å². The highest BCUT2D eigenvalue weighted by molar-refractivity contribution is 9.10. The Bertz CT molecular complexity index is 353. The van der Waals surface area contributed by atoms with E-state index in [0.717, 1.165) is 22.2 Å². The summed E-state index contributed by atoms with van der Waals surface area (Å²) in [4.78, 5) is 0. The van der Waals surface area contributed by atoms with Crippen LogP contribution in [0.2, 0.25) is 0 Å². The topological polar surface area (TPSA) is 41.5 Å². The maximum atomic E-state index is 9.38. The van der Waals surface area contributed by atoms with Crippen LogP contribution in [0.1, 0.15) is 24.9 Å². The second-order valence-corrected chi connectivity index (χ2v) is 4.87. The molecule has 0 bridgehead atoms. The lowest BCUT2D eigenvalue weighted by atomic mass is 9.91. The van der Waals surface area contributed by atoms with Gasteiger partial charge in [0.15, 0.2) is 0 Å². The molecular weight excluding hydrogens is 282 g/mol. The third-order valence-corrected chi connectivity index (χ3v) is 3.70. The van der Waals surface area contributed by atoms with Crippen molar-refractivity contribution in [1.29, 1.82) is 0 Å². The van der Waals surface area contributed by atoms with Crippen molar-refractivity contribution in [1.82, 2.24) is 5.32 Å². The van der Waals surface area contributed by atoms with Gasteiger partial charge < -0.3 is 15.2 Å². The van der Waals surface area contributed by atoms with Gasteiger partial charge in [-0.15, -0.1) is 0 Å². The summed E-state index contributed by atoms with van der Waals surface area (Å²) in [5.41, 5.74) is 1.15. The second-order valence-electron chi connectivity index (χ2n) is 4.01. The average Bonchev–Trinajstić information content (AvgIpc) is 2.35. The van der Waals surface area contributed by atoms with Gasteiger partial charge in [-0.05, 0) is 47.1 Å². The fourth-order valence-corrected chi connectivity index (χ4v) is 2.58. The first-order chi connectivity index (χ1) is 8.17. The van der Waals surface area contributed by atoms with Gasteiger partial charge in [0.1, 0.15) is 5.75 Å². The third-order valence-electron chi connectivity index (χ3n) is 3.08. The molecule has 0 aliphatic carbocycles. The molecule has 0 saturated heterocycles. The number of hydrogen-bond acceptors (Lipinski definition) is 3. The lowest BCUT2D eigenvalue weighted by molar-refractivity contribution is 0.189. The van der Waals surface area contributed by atoms with E-state index in [1.807, 2.05) is 25.2 Å². The Morgan fingerprint density at radius 1 is 1.47 bits per heavy atom. The van der Waals surface area contributed by atoms with Crippen LogP contribution < -0.4 is 10.1 Å². The standard InChI is InChI=1S/C13H20BrNO2/c1-4-9(8-16)13(15-2)10-5-6-12(17-3)11(14)7-10/h5-7,9,13,15-16H,4,8H2,1-3H3. The summed E-state index contributed by atoms with van der Waals surface area (Å²) in [5.74, 6) is 1.04. The molecule has 0 aliphatic rings. The van der Waals surface area contributed by atoms with Crippen molar-refractivity contribution in [2.24, 2.45) is 5.92 Å². The molecule has 4 heteroatoms. The molecule has 0 amide bonds. The zero-order valence-corrected chi connectivity index (χ0v) is 12.1. The Morgan fingerprint density at radius 3 is 2.59 bits per heavy atom. The van der Waals surface area contributed by atoms with Crippen LogP contribution in [0, 0.1) is 5.92 Å². The van der Waals surface area contributed by atoms with E-state index in [9.17, 15) is 5.11 Å². The molecular formula is C13H20BrNO2. The van der Waals surface area contributed by atoms with Crippen LogP contribution in [0.3, 0.4) is 0 Å². The highest BCUT2D eigenvalue weighted by Crippen LogP contribution is 2.31. The van der Waals surface area contributed by atoms with Crippen molar-refractivity contribution in [3.8, 4) is 5.75 Å². The highest BCUT2D eigenvalue weighted by atomic mass is 79.9. The lowest BCUT2D eigenvalue weighted by Crippen LogP contribution is -2.27. The fourth-order valence-electron chi connectivity index (χ4n) is 2.02. The molecule has 0 aliphatic heterocycles. The fraction of sp³-hybridized carbons (Fsp3) is 0.538. The van der Waals surface area contributed by atoms with Crippen LogP contribution in [0.5, 0.6) is 5.75 Å². The summed E-state index contributed by atoms with van der Waals surface area (Å²) < 4.78 is 6.15. The Balaban J connectivity index is 3.00. The number of aliphatic hydroxyl groups excluding tert-OH is 1. The normalized spacial score (nSPS) is 14.4. The van der Waals surface area contributed by atoms with E-state index in [0.29, 0.717) is 0 Å². The summed E-state index contributed by atoms with van der Waals surface area (Å²) in [6.07, 6.45) is 0.936. The van der Waals surface area contributed by atoms with E-state index < -0.39 is 0 Å². The molecule has 3 nitrogen and oxygen atoms in total. The Hall–Kier alpha value is -0.580. The van der Waals surface area contributed by atoms with E-state index in [4.69, 9.17) is 4.74 Å². The molecule has 0 radical (unpaired) electrons. The minimum atomic E-state index is 0.159. The molecule has 0 saturated carbocycles. The molecule has 96 valence electrons. The largest absolute Gasteiger partial charge is 0.496 e. The molecule has 2 atom stereocenters. The van der Waals surface area contributed by atoms with E-state index in [-0.39, 0.29) is 18.6 Å². The number of nitrogens with one attached hydrogen (secondary N) is 1. The van der Waals surface area contributed by atoms with Gasteiger partial charge in [0.2, 0.25) is 0 Å². The summed E-state index contributed by atoms with van der Waals surface area (Å²) >= 11 is 3.48. The molecule has 1 aromatic carbocycles. The van der Waals surface area contributed by atoms with Crippen LogP contribution in [-0.2, 0) is 0 Å². The van der Waals surface area contributed by atoms with Crippen LogP contribution >= 0.6 is 15.9 Å². The van der Waals surface area contributed by atoms with Gasteiger partial charge in [0.05, 0.1) is 11.6 Å². The number of rotatable bonds is 6. The molecule has 1 aromatic rings. The van der Waals surface area contributed by atoms with Crippen molar-refractivity contribution < 1.29 is 9.84 Å². The first kappa shape index (κ1) is 14.5. The van der Waals surface area contributed by atoms with E-state index in [1.165, 1.54) is 0 Å². The predicted octanol–water partition coefficient (Wildman–Crippen LogP) is 2.74. The minimum absolute atomic E-state index is 0.159. The number of hydrogen-bond donors (Lipinski definition) is 2. The van der Waals surface area contributed by atoms with Crippen LogP contribution in [0.15, 0.2) is 22.7 Å². The predicted molar refractivity (Wildman–Crippen MR) is 73.4 cm³/mol. The van der Waals surface area contributed by atoms with Gasteiger partial charge in [-0.2, -0.15) is 0 Å². The van der Waals surface area contributed by atoms with Crippen LogP contribution in [0.4, 0.5) is 0 Å². The first-order valence-corrected chi connectivity index (χ1v) is 6.58. The zero-order chi connectivity index (χ0) is 12.8. The maximum Gasteiger partial charge on any atom is 0.133 e. The van der Waals surface area contributed by atoms with E-state index in [1.54, 1.807) is 7.11 Å². The number of methoxy groups -OCH3 is 1. The molecule has 0 heterocycles. The summed E-state index contributed by atoms with van der Waals surface area (Å²) in [7, 11) is 3.57. The highest BCUT2D eigenvalue weighted by Gasteiger charge is 2.20. The van der Waals surface area contributed by atoms with Crippen LogP contribution in [0.25, 0.3) is 0 Å². The molecule has 0 fully saturated rings. The lowest BCUT2D eigenvalue weighted by Gasteiger charge is -2.25. The number of ether oxygens (including phenoxy) is 1. The maximum absolute atomic E-state index is 9.38. The zero-order valence-electron chi connectivity index (χ0n) is 10.5. The quantitative estimate of drug-likeness (QED) is 0.849. The van der Waals surface area contributed by atoms with Crippen LogP contribution in [-0.4, -0.2) is 25.9 Å². The average molecular weight is 302 g/mol. The van der Waals surface area contributed by atoms with Crippen molar-refractivity contribution >= 4 is 15.9 Å². The molecule has 2 N–H and O–H groups in total. The van der Waals surface area contributed by atoms with E-state index >= 15 is 0 Å². The first-order valence-electron chi connectivity index (χ1n) is 5.79. The van der Waals surface area contributed by atoms with Gasteiger partial charge in [0.25, 0.3) is 0 Å². The summed E-state index contributed by atoms with van der Waals surface area (Å²) in [5, 5.41) is 12.6. The monoisotopic (exact) mass is 301 g/mol. The molecule has 2 unspecified atom stereocenters. The van der Waals surface area contributed by atoms with Gasteiger partial charge >= 0.3 is 0 Å². The number of aliphatic hydroxyl groups is 1. The minimum Gasteiger partial charge on any atom is -0.496 e. The Labute approximate surface area is 111 Å². The van der Waals surface area contributed by atoms with Gasteiger partial charge in [-0.25, -0.2) is 0 Å². The van der Waals surface area contributed by atoms with Gasteiger partial charge in [-0.3, -0.25) is 0 Å². The van der Waals surface area contributed by atoms with Gasteiger partial charge in [0, 0.05) is 18.6 Å². The van der Waals surface area contributed by atoms with Crippen molar-refractivity contribution in [2.45, 2.75) is 19.4 Å². The van der Waals surface area contributed by atoms with Crippen molar-refractivity contribution in [3.63, 3.8) is 0 Å². The molecule has 0 aromatic heterocycles. The number of benzene rings is 1. The Kier molecular flexibility index (Phi) is 5.95. The molecule has 1 rings (SSSR count). The van der Waals surface area contributed by atoms with Gasteiger partial charge in [-0.1, -0.05) is 13.0 Å². The van der Waals surface area contributed by atoms with E-state index in [2.05, 4.69) is 28.2 Å². The summed E-state index contributed by atoms with van der Waals surface area (Å²) in [6, 6.07) is 6.17. The summed E-state index contributed by atoms with van der Waals surface area (Å²) in [6.45, 7) is 2.27. The third kappa shape index (κ3) is 3.44. The molecule has 0 spiro atoms. The Morgan fingerprint density at radius 2 is 2.18 bits per heavy atom.